The van der Waals surface area contributed by atoms with Crippen LogP contribution in [0.3, 0.4) is 0 Å². The van der Waals surface area contributed by atoms with E-state index in [9.17, 15) is 13.2 Å². The van der Waals surface area contributed by atoms with Crippen LogP contribution in [0.1, 0.15) is 5.56 Å². The normalized spacial score (nSPS) is 15.9. The summed E-state index contributed by atoms with van der Waals surface area (Å²) >= 11 is 0. The molecule has 3 rings (SSSR count). The molecule has 0 fully saturated rings. The van der Waals surface area contributed by atoms with E-state index in [1.54, 1.807) is 18.2 Å². The number of fused-ring (bicyclic) bond motifs is 1. The maximum absolute atomic E-state index is 12.4. The fraction of sp³-hybridized carbons (Fsp3) is 0.316. The standard InChI is InChI=1S/C19H23N3O5S/c1-22(2)28(24,25)18-10-6-3-7-14(18)11-20-19(23)21-12-15-13-26-16-8-4-5-9-17(16)27-15/h3-10,15H,11-13H2,1-2H3,(H2,20,21,23)/t15-/m1/s1. The molecule has 0 aliphatic carbocycles. The Kier molecular flexibility index (Phi) is 6.05. The molecule has 2 aromatic carbocycles. The Balaban J connectivity index is 1.53. The second kappa shape index (κ2) is 8.49. The van der Waals surface area contributed by atoms with Gasteiger partial charge in [-0.25, -0.2) is 17.5 Å². The van der Waals surface area contributed by atoms with Gasteiger partial charge in [-0.2, -0.15) is 0 Å². The molecule has 2 N–H and O–H groups in total. The van der Waals surface area contributed by atoms with Crippen molar-refractivity contribution in [2.24, 2.45) is 0 Å². The van der Waals surface area contributed by atoms with Crippen LogP contribution >= 0.6 is 0 Å². The predicted molar refractivity (Wildman–Crippen MR) is 104 cm³/mol. The third-order valence-electron chi connectivity index (χ3n) is 4.23. The molecular weight excluding hydrogens is 382 g/mol. The first kappa shape index (κ1) is 20.0. The van der Waals surface area contributed by atoms with Gasteiger partial charge in [0.05, 0.1) is 11.4 Å². The first-order valence-electron chi connectivity index (χ1n) is 8.78. The molecule has 0 bridgehead atoms. The molecule has 28 heavy (non-hydrogen) atoms. The number of hydrogen-bond donors (Lipinski definition) is 2. The second-order valence-electron chi connectivity index (χ2n) is 6.46. The zero-order chi connectivity index (χ0) is 20.1. The van der Waals surface area contributed by atoms with Crippen molar-refractivity contribution in [3.05, 3.63) is 54.1 Å². The van der Waals surface area contributed by atoms with Crippen LogP contribution in [0.2, 0.25) is 0 Å². The Morgan fingerprint density at radius 3 is 2.50 bits per heavy atom. The molecule has 150 valence electrons. The van der Waals surface area contributed by atoms with E-state index in [-0.39, 0.29) is 24.1 Å². The number of carbonyl (C=O) groups is 1. The average Bonchev–Trinajstić information content (AvgIpc) is 2.70. The highest BCUT2D eigenvalue weighted by Crippen LogP contribution is 2.30. The van der Waals surface area contributed by atoms with E-state index >= 15 is 0 Å². The van der Waals surface area contributed by atoms with Crippen LogP contribution in [0.15, 0.2) is 53.4 Å². The monoisotopic (exact) mass is 405 g/mol. The second-order valence-corrected chi connectivity index (χ2v) is 8.58. The van der Waals surface area contributed by atoms with Gasteiger partial charge in [0.2, 0.25) is 10.0 Å². The molecule has 2 aromatic rings. The number of hydrogen-bond acceptors (Lipinski definition) is 5. The number of benzene rings is 2. The van der Waals surface area contributed by atoms with Crippen molar-refractivity contribution in [1.29, 1.82) is 0 Å². The minimum Gasteiger partial charge on any atom is -0.486 e. The maximum atomic E-state index is 12.4. The summed E-state index contributed by atoms with van der Waals surface area (Å²) in [5.41, 5.74) is 0.512. The van der Waals surface area contributed by atoms with E-state index in [0.717, 1.165) is 4.31 Å². The summed E-state index contributed by atoms with van der Waals surface area (Å²) in [4.78, 5) is 12.3. The topological polar surface area (TPSA) is 97.0 Å². The van der Waals surface area contributed by atoms with Gasteiger partial charge in [0.25, 0.3) is 0 Å². The number of ether oxygens (including phenoxy) is 2. The number of urea groups is 1. The molecule has 2 amide bonds. The van der Waals surface area contributed by atoms with Crippen LogP contribution in [-0.4, -0.2) is 52.1 Å². The Labute approximate surface area is 164 Å². The Hall–Kier alpha value is -2.78. The third kappa shape index (κ3) is 4.55. The number of nitrogens with zero attached hydrogens (tertiary/aromatic N) is 1. The van der Waals surface area contributed by atoms with Gasteiger partial charge in [0.1, 0.15) is 6.61 Å². The van der Waals surface area contributed by atoms with E-state index in [2.05, 4.69) is 10.6 Å². The molecule has 1 aliphatic heterocycles. The number of nitrogens with one attached hydrogen (secondary N) is 2. The molecule has 1 aliphatic rings. The van der Waals surface area contributed by atoms with E-state index in [1.165, 1.54) is 20.2 Å². The van der Waals surface area contributed by atoms with Gasteiger partial charge in [0, 0.05) is 20.6 Å². The fourth-order valence-corrected chi connectivity index (χ4v) is 3.82. The largest absolute Gasteiger partial charge is 0.486 e. The van der Waals surface area contributed by atoms with Gasteiger partial charge in [-0.3, -0.25) is 0 Å². The molecule has 9 heteroatoms. The van der Waals surface area contributed by atoms with Gasteiger partial charge in [-0.15, -0.1) is 0 Å². The van der Waals surface area contributed by atoms with Crippen LogP contribution in [0.25, 0.3) is 0 Å². The highest BCUT2D eigenvalue weighted by atomic mass is 32.2. The number of rotatable bonds is 6. The molecule has 0 saturated carbocycles. The van der Waals surface area contributed by atoms with Crippen molar-refractivity contribution in [2.45, 2.75) is 17.5 Å². The quantitative estimate of drug-likeness (QED) is 0.761. The Morgan fingerprint density at radius 1 is 1.07 bits per heavy atom. The first-order chi connectivity index (χ1) is 13.4. The number of sulfonamides is 1. The zero-order valence-corrected chi connectivity index (χ0v) is 16.5. The van der Waals surface area contributed by atoms with Crippen LogP contribution in [0, 0.1) is 0 Å². The zero-order valence-electron chi connectivity index (χ0n) is 15.7. The summed E-state index contributed by atoms with van der Waals surface area (Å²) in [5.74, 6) is 1.32. The summed E-state index contributed by atoms with van der Waals surface area (Å²) in [6, 6.07) is 13.5. The minimum atomic E-state index is -3.59. The molecule has 1 heterocycles. The Bertz CT molecular complexity index is 946. The van der Waals surface area contributed by atoms with Crippen LogP contribution in [0.4, 0.5) is 4.79 Å². The summed E-state index contributed by atoms with van der Waals surface area (Å²) in [6.45, 7) is 0.680. The fourth-order valence-electron chi connectivity index (χ4n) is 2.71. The van der Waals surface area contributed by atoms with Gasteiger partial charge in [0.15, 0.2) is 17.6 Å². The molecule has 0 radical (unpaired) electrons. The van der Waals surface area contributed by atoms with Crippen molar-refractivity contribution in [2.75, 3.05) is 27.2 Å². The molecule has 0 aromatic heterocycles. The lowest BCUT2D eigenvalue weighted by Crippen LogP contribution is -2.44. The molecule has 0 spiro atoms. The summed E-state index contributed by atoms with van der Waals surface area (Å²) in [7, 11) is -0.650. The van der Waals surface area contributed by atoms with Gasteiger partial charge in [-0.1, -0.05) is 30.3 Å². The van der Waals surface area contributed by atoms with Crippen molar-refractivity contribution < 1.29 is 22.7 Å². The molecule has 8 nitrogen and oxygen atoms in total. The van der Waals surface area contributed by atoms with Crippen molar-refractivity contribution >= 4 is 16.1 Å². The van der Waals surface area contributed by atoms with Crippen LogP contribution in [0.5, 0.6) is 11.5 Å². The third-order valence-corrected chi connectivity index (χ3v) is 6.14. The summed E-state index contributed by atoms with van der Waals surface area (Å²) < 4.78 is 37.3. The first-order valence-corrected chi connectivity index (χ1v) is 10.2. The summed E-state index contributed by atoms with van der Waals surface area (Å²) in [5, 5.41) is 5.40. The van der Waals surface area contributed by atoms with Gasteiger partial charge in [-0.05, 0) is 23.8 Å². The molecule has 0 saturated heterocycles. The van der Waals surface area contributed by atoms with E-state index < -0.39 is 16.1 Å². The lowest BCUT2D eigenvalue weighted by Gasteiger charge is -2.26. The van der Waals surface area contributed by atoms with Gasteiger partial charge < -0.3 is 20.1 Å². The van der Waals surface area contributed by atoms with Gasteiger partial charge >= 0.3 is 6.03 Å². The van der Waals surface area contributed by atoms with Crippen molar-refractivity contribution in [3.8, 4) is 11.5 Å². The predicted octanol–water partition coefficient (Wildman–Crippen LogP) is 1.58. The van der Waals surface area contributed by atoms with E-state index in [0.29, 0.717) is 23.7 Å². The number of amides is 2. The molecular formula is C19H23N3O5S. The van der Waals surface area contributed by atoms with Crippen molar-refractivity contribution in [1.82, 2.24) is 14.9 Å². The maximum Gasteiger partial charge on any atom is 0.315 e. The smallest absolute Gasteiger partial charge is 0.315 e. The average molecular weight is 405 g/mol. The summed E-state index contributed by atoms with van der Waals surface area (Å²) in [6.07, 6.45) is -0.304. The highest BCUT2D eigenvalue weighted by Gasteiger charge is 2.22. The highest BCUT2D eigenvalue weighted by molar-refractivity contribution is 7.89. The molecule has 0 unspecified atom stereocenters. The Morgan fingerprint density at radius 2 is 1.75 bits per heavy atom. The minimum absolute atomic E-state index is 0.0833. The van der Waals surface area contributed by atoms with Crippen LogP contribution < -0.4 is 20.1 Å². The van der Waals surface area contributed by atoms with Crippen LogP contribution in [-0.2, 0) is 16.6 Å². The van der Waals surface area contributed by atoms with E-state index in [4.69, 9.17) is 9.47 Å². The number of carbonyl (C=O) groups excluding carboxylic acids is 1. The lowest BCUT2D eigenvalue weighted by molar-refractivity contribution is 0.0918. The molecule has 1 atom stereocenters. The van der Waals surface area contributed by atoms with Crippen molar-refractivity contribution in [3.63, 3.8) is 0 Å². The SMILES string of the molecule is CN(C)S(=O)(=O)c1ccccc1CNC(=O)NC[C@@H]1COc2ccccc2O1. The van der Waals surface area contributed by atoms with E-state index in [1.807, 2.05) is 24.3 Å². The lowest BCUT2D eigenvalue weighted by atomic mass is 10.2. The number of para-hydroxylation sites is 2.